The van der Waals surface area contributed by atoms with Gasteiger partial charge in [-0.05, 0) is 70.0 Å². The Morgan fingerprint density at radius 2 is 1.61 bits per heavy atom. The first-order valence-corrected chi connectivity index (χ1v) is 8.16. The number of nitrogens with one attached hydrogen (secondary N) is 1. The molecule has 0 aromatic rings. The van der Waals surface area contributed by atoms with Crippen LogP contribution in [0.15, 0.2) is 0 Å². The van der Waals surface area contributed by atoms with Gasteiger partial charge >= 0.3 is 0 Å². The van der Waals surface area contributed by atoms with E-state index < -0.39 is 0 Å². The predicted molar refractivity (Wildman–Crippen MR) is 78.9 cm³/mol. The van der Waals surface area contributed by atoms with Crippen molar-refractivity contribution in [3.05, 3.63) is 0 Å². The quantitative estimate of drug-likeness (QED) is 0.826. The molecular weight excluding hydrogens is 220 g/mol. The van der Waals surface area contributed by atoms with Gasteiger partial charge < -0.3 is 10.2 Å². The summed E-state index contributed by atoms with van der Waals surface area (Å²) in [6.45, 7) is 11.0. The number of hydrogen-bond acceptors (Lipinski definition) is 2. The number of nitrogens with zero attached hydrogens (tertiary/aromatic N) is 1. The number of piperidine rings is 1. The monoisotopic (exact) mass is 252 g/mol. The average Bonchev–Trinajstić information content (AvgIpc) is 2.36. The van der Waals surface area contributed by atoms with Crippen molar-refractivity contribution in [2.45, 2.75) is 71.4 Å². The zero-order chi connectivity index (χ0) is 13.0. The van der Waals surface area contributed by atoms with E-state index in [1.165, 1.54) is 58.2 Å². The molecule has 2 nitrogen and oxygen atoms in total. The summed E-state index contributed by atoms with van der Waals surface area (Å²) >= 11 is 0. The number of hydrogen-bond donors (Lipinski definition) is 1. The van der Waals surface area contributed by atoms with Crippen LogP contribution in [0.3, 0.4) is 0 Å². The largest absolute Gasteiger partial charge is 0.314 e. The zero-order valence-corrected chi connectivity index (χ0v) is 12.6. The molecular formula is C16H32N2. The molecule has 1 aliphatic heterocycles. The Morgan fingerprint density at radius 1 is 1.00 bits per heavy atom. The lowest BCUT2D eigenvalue weighted by atomic mass is 9.79. The third kappa shape index (κ3) is 3.96. The van der Waals surface area contributed by atoms with E-state index in [1.807, 2.05) is 0 Å². The fourth-order valence-corrected chi connectivity index (χ4v) is 4.02. The third-order valence-corrected chi connectivity index (χ3v) is 4.88. The van der Waals surface area contributed by atoms with Crippen molar-refractivity contribution in [2.75, 3.05) is 19.6 Å². The van der Waals surface area contributed by atoms with Gasteiger partial charge in [-0.2, -0.15) is 0 Å². The summed E-state index contributed by atoms with van der Waals surface area (Å²) in [7, 11) is 0. The van der Waals surface area contributed by atoms with Crippen LogP contribution in [-0.4, -0.2) is 36.6 Å². The topological polar surface area (TPSA) is 15.3 Å². The molecule has 0 bridgehead atoms. The van der Waals surface area contributed by atoms with Crippen LogP contribution < -0.4 is 5.32 Å². The maximum atomic E-state index is 3.69. The van der Waals surface area contributed by atoms with Crippen LogP contribution in [0.4, 0.5) is 0 Å². The van der Waals surface area contributed by atoms with Crippen molar-refractivity contribution in [1.29, 1.82) is 0 Å². The zero-order valence-electron chi connectivity index (χ0n) is 12.6. The fraction of sp³-hybridized carbons (Fsp3) is 1.00. The first kappa shape index (κ1) is 14.3. The van der Waals surface area contributed by atoms with Crippen LogP contribution in [0.2, 0.25) is 0 Å². The van der Waals surface area contributed by atoms with E-state index in [0.29, 0.717) is 0 Å². The van der Waals surface area contributed by atoms with E-state index in [4.69, 9.17) is 0 Å². The van der Waals surface area contributed by atoms with Crippen molar-refractivity contribution >= 4 is 0 Å². The molecule has 18 heavy (non-hydrogen) atoms. The van der Waals surface area contributed by atoms with E-state index in [1.54, 1.807) is 0 Å². The molecule has 2 atom stereocenters. The number of rotatable bonds is 4. The minimum atomic E-state index is 0.791. The Morgan fingerprint density at radius 3 is 2.17 bits per heavy atom. The molecule has 2 heteroatoms. The summed E-state index contributed by atoms with van der Waals surface area (Å²) in [5.74, 6) is 1.88. The number of likely N-dealkylation sites (tertiary alicyclic amines) is 1. The van der Waals surface area contributed by atoms with Gasteiger partial charge in [-0.3, -0.25) is 0 Å². The van der Waals surface area contributed by atoms with Gasteiger partial charge in [-0.15, -0.1) is 0 Å². The third-order valence-electron chi connectivity index (χ3n) is 4.88. The second-order valence-electron chi connectivity index (χ2n) is 6.84. The van der Waals surface area contributed by atoms with Crippen LogP contribution in [0.25, 0.3) is 0 Å². The van der Waals surface area contributed by atoms with Crippen molar-refractivity contribution in [1.82, 2.24) is 10.2 Å². The normalized spacial score (nSPS) is 35.8. The Hall–Kier alpha value is -0.0800. The molecule has 1 saturated carbocycles. The predicted octanol–water partition coefficient (Wildman–Crippen LogP) is 3.28. The molecule has 0 aromatic carbocycles. The first-order chi connectivity index (χ1) is 8.69. The fourth-order valence-electron chi connectivity index (χ4n) is 4.02. The Labute approximate surface area is 114 Å². The van der Waals surface area contributed by atoms with Crippen molar-refractivity contribution in [2.24, 2.45) is 11.8 Å². The molecule has 2 unspecified atom stereocenters. The van der Waals surface area contributed by atoms with Gasteiger partial charge in [-0.1, -0.05) is 20.8 Å². The molecule has 1 aliphatic carbocycles. The highest BCUT2D eigenvalue weighted by Gasteiger charge is 2.30. The van der Waals surface area contributed by atoms with E-state index in [-0.39, 0.29) is 0 Å². The van der Waals surface area contributed by atoms with Crippen LogP contribution >= 0.6 is 0 Å². The lowest BCUT2D eigenvalue weighted by molar-refractivity contribution is 0.0821. The smallest absolute Gasteiger partial charge is 0.0100 e. The molecule has 0 amide bonds. The second-order valence-corrected chi connectivity index (χ2v) is 6.84. The van der Waals surface area contributed by atoms with Gasteiger partial charge in [0, 0.05) is 12.1 Å². The highest BCUT2D eigenvalue weighted by molar-refractivity contribution is 4.86. The van der Waals surface area contributed by atoms with E-state index in [2.05, 4.69) is 31.0 Å². The minimum Gasteiger partial charge on any atom is -0.314 e. The minimum absolute atomic E-state index is 0.791. The first-order valence-electron chi connectivity index (χ1n) is 8.16. The van der Waals surface area contributed by atoms with Crippen LogP contribution in [0.1, 0.15) is 59.3 Å². The Balaban J connectivity index is 1.75. The summed E-state index contributed by atoms with van der Waals surface area (Å²) in [4.78, 5) is 2.79. The summed E-state index contributed by atoms with van der Waals surface area (Å²) < 4.78 is 0. The van der Waals surface area contributed by atoms with Crippen molar-refractivity contribution in [3.8, 4) is 0 Å². The molecule has 2 fully saturated rings. The summed E-state index contributed by atoms with van der Waals surface area (Å²) in [6.07, 6.45) is 8.32. The molecule has 106 valence electrons. The molecule has 1 heterocycles. The molecule has 2 aliphatic rings. The SMILES string of the molecule is CCCNC1CCN(C2CC(C)CC(C)C2)CC1. The Bertz CT molecular complexity index is 223. The van der Waals surface area contributed by atoms with Gasteiger partial charge in [0.25, 0.3) is 0 Å². The van der Waals surface area contributed by atoms with E-state index >= 15 is 0 Å². The Kier molecular flexibility index (Phi) is 5.50. The van der Waals surface area contributed by atoms with Gasteiger partial charge in [0.1, 0.15) is 0 Å². The van der Waals surface area contributed by atoms with Gasteiger partial charge in [0.05, 0.1) is 0 Å². The van der Waals surface area contributed by atoms with Crippen molar-refractivity contribution < 1.29 is 0 Å². The van der Waals surface area contributed by atoms with E-state index in [9.17, 15) is 0 Å². The van der Waals surface area contributed by atoms with Crippen LogP contribution in [0.5, 0.6) is 0 Å². The molecule has 1 N–H and O–H groups in total. The highest BCUT2D eigenvalue weighted by Crippen LogP contribution is 2.32. The van der Waals surface area contributed by atoms with Crippen molar-refractivity contribution in [3.63, 3.8) is 0 Å². The summed E-state index contributed by atoms with van der Waals surface area (Å²) in [5.41, 5.74) is 0. The summed E-state index contributed by atoms with van der Waals surface area (Å²) in [6, 6.07) is 1.68. The van der Waals surface area contributed by atoms with Gasteiger partial charge in [0.2, 0.25) is 0 Å². The second kappa shape index (κ2) is 6.91. The maximum Gasteiger partial charge on any atom is 0.0100 e. The van der Waals surface area contributed by atoms with Crippen LogP contribution in [-0.2, 0) is 0 Å². The maximum absolute atomic E-state index is 3.69. The lowest BCUT2D eigenvalue weighted by Gasteiger charge is -2.42. The molecule has 2 rings (SSSR count). The standard InChI is InChI=1S/C16H32N2/c1-4-7-17-15-5-8-18(9-6-15)16-11-13(2)10-14(3)12-16/h13-17H,4-12H2,1-3H3. The molecule has 0 aromatic heterocycles. The van der Waals surface area contributed by atoms with Gasteiger partial charge in [-0.25, -0.2) is 0 Å². The van der Waals surface area contributed by atoms with Crippen LogP contribution in [0, 0.1) is 11.8 Å². The van der Waals surface area contributed by atoms with Gasteiger partial charge in [0.15, 0.2) is 0 Å². The molecule has 0 spiro atoms. The average molecular weight is 252 g/mol. The molecule has 1 saturated heterocycles. The highest BCUT2D eigenvalue weighted by atomic mass is 15.2. The lowest BCUT2D eigenvalue weighted by Crippen LogP contribution is -2.48. The molecule has 0 radical (unpaired) electrons. The van der Waals surface area contributed by atoms with E-state index in [0.717, 1.165) is 23.9 Å². The summed E-state index contributed by atoms with van der Waals surface area (Å²) in [5, 5.41) is 3.69.